The van der Waals surface area contributed by atoms with Crippen molar-refractivity contribution in [3.8, 4) is 11.5 Å². The Morgan fingerprint density at radius 3 is 2.59 bits per heavy atom. The summed E-state index contributed by atoms with van der Waals surface area (Å²) in [4.78, 5) is 26.7. The van der Waals surface area contributed by atoms with Gasteiger partial charge in [-0.3, -0.25) is 4.79 Å². The molecule has 3 aromatic rings. The van der Waals surface area contributed by atoms with Crippen molar-refractivity contribution in [2.75, 3.05) is 13.7 Å². The lowest BCUT2D eigenvalue weighted by molar-refractivity contribution is -0.137. The Hall–Kier alpha value is -4.79. The Morgan fingerprint density at radius 1 is 1.07 bits per heavy atom. The molecule has 2 aliphatic rings. The molecular weight excluding hydrogens is 535 g/mol. The summed E-state index contributed by atoms with van der Waals surface area (Å²) in [6, 6.07) is 15.1. The first-order valence-corrected chi connectivity index (χ1v) is 12.9. The molecule has 3 aromatic carbocycles. The standard InChI is InChI=1S/C32H26F3NO5/c1-40-25-16-23-13-14-36(18-21-5-4-6-24(15-21)32(33,34)35)30(37)29(23)28(17-25)41-19-20-9-11-22(12-10-20)26-7-2-3-8-27(26)31(38)39/h2-9,11-12,15-17,19H,10,13-14,18H2,1H3,(H,38,39). The van der Waals surface area contributed by atoms with Gasteiger partial charge in [-0.15, -0.1) is 0 Å². The number of halogens is 3. The summed E-state index contributed by atoms with van der Waals surface area (Å²) in [5.74, 6) is -0.548. The van der Waals surface area contributed by atoms with Gasteiger partial charge >= 0.3 is 12.1 Å². The maximum atomic E-state index is 13.6. The molecule has 0 unspecified atom stereocenters. The van der Waals surface area contributed by atoms with Crippen LogP contribution in [0.4, 0.5) is 13.2 Å². The predicted octanol–water partition coefficient (Wildman–Crippen LogP) is 6.92. The van der Waals surface area contributed by atoms with Crippen molar-refractivity contribution in [1.29, 1.82) is 0 Å². The van der Waals surface area contributed by atoms with Gasteiger partial charge in [-0.05, 0) is 64.9 Å². The Kier molecular flexibility index (Phi) is 7.70. The number of carbonyl (C=O) groups excluding carboxylic acids is 1. The van der Waals surface area contributed by atoms with Gasteiger partial charge in [0.2, 0.25) is 0 Å². The largest absolute Gasteiger partial charge is 0.497 e. The second-order valence-electron chi connectivity index (χ2n) is 9.69. The lowest BCUT2D eigenvalue weighted by atomic mass is 9.94. The fourth-order valence-corrected chi connectivity index (χ4v) is 4.94. The van der Waals surface area contributed by atoms with E-state index in [-0.39, 0.29) is 23.8 Å². The highest BCUT2D eigenvalue weighted by atomic mass is 19.4. The van der Waals surface area contributed by atoms with E-state index in [0.717, 1.165) is 28.8 Å². The number of ether oxygens (including phenoxy) is 2. The second kappa shape index (κ2) is 11.4. The van der Waals surface area contributed by atoms with Crippen LogP contribution in [-0.4, -0.2) is 35.5 Å². The number of hydrogen-bond donors (Lipinski definition) is 1. The Balaban J connectivity index is 1.37. The summed E-state index contributed by atoms with van der Waals surface area (Å²) in [5.41, 5.74) is 3.09. The molecule has 0 fully saturated rings. The molecule has 0 saturated carbocycles. The number of carboxylic acid groups (broad SMARTS) is 1. The van der Waals surface area contributed by atoms with E-state index in [4.69, 9.17) is 9.47 Å². The number of hydrogen-bond acceptors (Lipinski definition) is 4. The molecule has 5 rings (SSSR count). The van der Waals surface area contributed by atoms with Crippen molar-refractivity contribution >= 4 is 17.4 Å². The molecule has 0 spiro atoms. The SMILES string of the molecule is COc1cc2c(c(OC=C3C=CC(c4ccccc4C(=O)O)=CC3)c1)C(=O)N(Cc1cccc(C(F)(F)F)c1)CC2. The number of carboxylic acids is 1. The molecule has 41 heavy (non-hydrogen) atoms. The number of methoxy groups -OCH3 is 1. The predicted molar refractivity (Wildman–Crippen MR) is 147 cm³/mol. The third kappa shape index (κ3) is 6.04. The molecule has 1 aliphatic carbocycles. The van der Waals surface area contributed by atoms with E-state index in [1.807, 2.05) is 18.2 Å². The molecule has 0 radical (unpaired) electrons. The minimum atomic E-state index is -4.47. The second-order valence-corrected chi connectivity index (χ2v) is 9.69. The molecule has 0 atom stereocenters. The Labute approximate surface area is 234 Å². The number of benzene rings is 3. The van der Waals surface area contributed by atoms with Gasteiger partial charge in [-0.25, -0.2) is 4.79 Å². The average Bonchev–Trinajstić information content (AvgIpc) is 2.97. The van der Waals surface area contributed by atoms with E-state index >= 15 is 0 Å². The van der Waals surface area contributed by atoms with E-state index in [1.165, 1.54) is 24.3 Å². The molecule has 1 aliphatic heterocycles. The van der Waals surface area contributed by atoms with Crippen LogP contribution in [0.1, 0.15) is 49.4 Å². The van der Waals surface area contributed by atoms with E-state index in [0.29, 0.717) is 41.8 Å². The molecule has 1 amide bonds. The van der Waals surface area contributed by atoms with E-state index in [9.17, 15) is 27.9 Å². The minimum Gasteiger partial charge on any atom is -0.497 e. The Bertz CT molecular complexity index is 1600. The smallest absolute Gasteiger partial charge is 0.416 e. The summed E-state index contributed by atoms with van der Waals surface area (Å²) in [6.07, 6.45) is 3.55. The van der Waals surface area contributed by atoms with Crippen molar-refractivity contribution in [1.82, 2.24) is 4.90 Å². The maximum absolute atomic E-state index is 13.6. The monoisotopic (exact) mass is 561 g/mol. The van der Waals surface area contributed by atoms with Crippen LogP contribution < -0.4 is 9.47 Å². The number of fused-ring (bicyclic) bond motifs is 1. The van der Waals surface area contributed by atoms with E-state index < -0.39 is 17.7 Å². The number of alkyl halides is 3. The fraction of sp³-hybridized carbons (Fsp3) is 0.188. The highest BCUT2D eigenvalue weighted by molar-refractivity contribution is 6.00. The summed E-state index contributed by atoms with van der Waals surface area (Å²) in [5, 5.41) is 9.50. The van der Waals surface area contributed by atoms with Crippen LogP contribution in [0, 0.1) is 0 Å². The highest BCUT2D eigenvalue weighted by Crippen LogP contribution is 2.35. The van der Waals surface area contributed by atoms with Gasteiger partial charge in [0, 0.05) is 19.2 Å². The summed E-state index contributed by atoms with van der Waals surface area (Å²) >= 11 is 0. The molecular formula is C32H26F3NO5. The molecule has 9 heteroatoms. The molecule has 210 valence electrons. The maximum Gasteiger partial charge on any atom is 0.416 e. The van der Waals surface area contributed by atoms with Crippen LogP contribution in [0.2, 0.25) is 0 Å². The number of nitrogens with zero attached hydrogens (tertiary/aromatic N) is 1. The fourth-order valence-electron chi connectivity index (χ4n) is 4.94. The van der Waals surface area contributed by atoms with Gasteiger partial charge in [0.25, 0.3) is 5.91 Å². The average molecular weight is 562 g/mol. The van der Waals surface area contributed by atoms with Gasteiger partial charge in [-0.2, -0.15) is 13.2 Å². The number of rotatable bonds is 7. The normalized spacial score (nSPS) is 15.9. The van der Waals surface area contributed by atoms with Gasteiger partial charge in [0.05, 0.1) is 30.1 Å². The lowest BCUT2D eigenvalue weighted by Gasteiger charge is -2.30. The first-order valence-electron chi connectivity index (χ1n) is 12.9. The zero-order chi connectivity index (χ0) is 29.1. The zero-order valence-corrected chi connectivity index (χ0v) is 22.1. The van der Waals surface area contributed by atoms with Crippen molar-refractivity contribution in [3.63, 3.8) is 0 Å². The molecule has 1 N–H and O–H groups in total. The number of amides is 1. The number of aromatic carboxylic acids is 1. The van der Waals surface area contributed by atoms with Crippen LogP contribution in [0.25, 0.3) is 5.57 Å². The van der Waals surface area contributed by atoms with Crippen LogP contribution in [0.5, 0.6) is 11.5 Å². The first kappa shape index (κ1) is 27.8. The number of carbonyl (C=O) groups is 2. The van der Waals surface area contributed by atoms with Crippen LogP contribution in [0.15, 0.2) is 90.7 Å². The van der Waals surface area contributed by atoms with Gasteiger partial charge in [0.15, 0.2) is 0 Å². The summed E-state index contributed by atoms with van der Waals surface area (Å²) in [7, 11) is 1.51. The molecule has 0 aromatic heterocycles. The summed E-state index contributed by atoms with van der Waals surface area (Å²) < 4.78 is 51.0. The van der Waals surface area contributed by atoms with Gasteiger partial charge in [0.1, 0.15) is 11.5 Å². The minimum absolute atomic E-state index is 0.0306. The third-order valence-electron chi connectivity index (χ3n) is 7.01. The molecule has 6 nitrogen and oxygen atoms in total. The van der Waals surface area contributed by atoms with E-state index in [2.05, 4.69) is 0 Å². The highest BCUT2D eigenvalue weighted by Gasteiger charge is 2.32. The quantitative estimate of drug-likeness (QED) is 0.317. The van der Waals surface area contributed by atoms with Crippen molar-refractivity contribution in [3.05, 3.63) is 124 Å². The van der Waals surface area contributed by atoms with Gasteiger partial charge < -0.3 is 19.5 Å². The van der Waals surface area contributed by atoms with Crippen molar-refractivity contribution in [2.24, 2.45) is 0 Å². The summed E-state index contributed by atoms with van der Waals surface area (Å²) in [6.45, 7) is 0.368. The first-order chi connectivity index (χ1) is 19.6. The topological polar surface area (TPSA) is 76.1 Å². The van der Waals surface area contributed by atoms with Crippen LogP contribution in [0.3, 0.4) is 0 Å². The molecule has 1 heterocycles. The number of allylic oxidation sites excluding steroid dienone is 5. The van der Waals surface area contributed by atoms with E-state index in [1.54, 1.807) is 42.5 Å². The zero-order valence-electron chi connectivity index (χ0n) is 22.1. The van der Waals surface area contributed by atoms with Gasteiger partial charge in [-0.1, -0.05) is 48.6 Å². The lowest BCUT2D eigenvalue weighted by Crippen LogP contribution is -2.37. The molecule has 0 bridgehead atoms. The van der Waals surface area contributed by atoms with Crippen LogP contribution in [-0.2, 0) is 19.1 Å². The molecule has 0 saturated heterocycles. The third-order valence-corrected chi connectivity index (χ3v) is 7.01. The van der Waals surface area contributed by atoms with Crippen LogP contribution >= 0.6 is 0 Å². The Morgan fingerprint density at radius 2 is 1.88 bits per heavy atom. The van der Waals surface area contributed by atoms with Crippen molar-refractivity contribution < 1.29 is 37.3 Å². The van der Waals surface area contributed by atoms with Crippen molar-refractivity contribution in [2.45, 2.75) is 25.6 Å².